The van der Waals surface area contributed by atoms with Gasteiger partial charge in [-0.25, -0.2) is 8.42 Å². The Morgan fingerprint density at radius 3 is 2.62 bits per heavy atom. The van der Waals surface area contributed by atoms with E-state index < -0.39 is 25.5 Å². The molecule has 2 aromatic rings. The summed E-state index contributed by atoms with van der Waals surface area (Å²) in [5.41, 5.74) is 1.37. The lowest BCUT2D eigenvalue weighted by Crippen LogP contribution is -2.18. The van der Waals surface area contributed by atoms with Gasteiger partial charge in [0.05, 0.1) is 11.1 Å². The molecule has 1 aromatic carbocycles. The van der Waals surface area contributed by atoms with Crippen LogP contribution in [0.3, 0.4) is 0 Å². The summed E-state index contributed by atoms with van der Waals surface area (Å²) >= 11 is 0. The second-order valence-corrected chi connectivity index (χ2v) is 5.65. The average molecular weight is 312 g/mol. The highest BCUT2D eigenvalue weighted by Crippen LogP contribution is 2.32. The number of hydrazine groups is 1. The first kappa shape index (κ1) is 14.7. The van der Waals surface area contributed by atoms with E-state index in [1.807, 2.05) is 0 Å². The van der Waals surface area contributed by atoms with Crippen LogP contribution in [0.15, 0.2) is 35.4 Å². The summed E-state index contributed by atoms with van der Waals surface area (Å²) in [4.78, 5) is 9.81. The van der Waals surface area contributed by atoms with Gasteiger partial charge in [0, 0.05) is 13.1 Å². The number of nitrogens with one attached hydrogen (secondary N) is 2. The van der Waals surface area contributed by atoms with Gasteiger partial charge in [-0.1, -0.05) is 6.07 Å². The summed E-state index contributed by atoms with van der Waals surface area (Å²) in [7, 11) is -2.63. The second kappa shape index (κ2) is 5.38. The Balaban J connectivity index is 2.55. The molecule has 0 spiro atoms. The summed E-state index contributed by atoms with van der Waals surface area (Å²) in [5, 5.41) is 14.9. The SMILES string of the molecule is Cn1nccc1NS(=O)(=O)c1cccc(NN)c1[N+](=O)[O-]. The van der Waals surface area contributed by atoms with Gasteiger partial charge in [0.15, 0.2) is 4.90 Å². The van der Waals surface area contributed by atoms with E-state index in [1.165, 1.54) is 36.1 Å². The van der Waals surface area contributed by atoms with Crippen LogP contribution in [0.2, 0.25) is 0 Å². The molecule has 0 aliphatic heterocycles. The molecule has 0 aliphatic carbocycles. The second-order valence-electron chi connectivity index (χ2n) is 4.00. The van der Waals surface area contributed by atoms with E-state index in [0.717, 1.165) is 6.07 Å². The third-order valence-electron chi connectivity index (χ3n) is 2.69. The maximum atomic E-state index is 12.3. The van der Waals surface area contributed by atoms with Crippen molar-refractivity contribution in [2.45, 2.75) is 4.90 Å². The molecule has 0 unspecified atom stereocenters. The van der Waals surface area contributed by atoms with Crippen molar-refractivity contribution < 1.29 is 13.3 Å². The first-order valence-corrected chi connectivity index (χ1v) is 7.10. The van der Waals surface area contributed by atoms with Gasteiger partial charge < -0.3 is 5.43 Å². The number of hydrogen-bond acceptors (Lipinski definition) is 7. The third kappa shape index (κ3) is 2.78. The van der Waals surface area contributed by atoms with Crippen LogP contribution < -0.4 is 16.0 Å². The molecule has 0 saturated carbocycles. The Kier molecular flexibility index (Phi) is 3.78. The molecular weight excluding hydrogens is 300 g/mol. The van der Waals surface area contributed by atoms with Gasteiger partial charge >= 0.3 is 5.69 Å². The molecule has 21 heavy (non-hydrogen) atoms. The molecule has 0 fully saturated rings. The number of aryl methyl sites for hydroxylation is 1. The molecule has 0 bridgehead atoms. The van der Waals surface area contributed by atoms with Crippen molar-refractivity contribution in [3.63, 3.8) is 0 Å². The van der Waals surface area contributed by atoms with Crippen molar-refractivity contribution in [2.24, 2.45) is 12.9 Å². The number of anilines is 2. The summed E-state index contributed by atoms with van der Waals surface area (Å²) < 4.78 is 28.2. The fourth-order valence-corrected chi connectivity index (χ4v) is 2.99. The minimum absolute atomic E-state index is 0.104. The Morgan fingerprint density at radius 2 is 2.10 bits per heavy atom. The summed E-state index contributed by atoms with van der Waals surface area (Å²) in [5.74, 6) is 5.35. The highest BCUT2D eigenvalue weighted by molar-refractivity contribution is 7.92. The van der Waals surface area contributed by atoms with E-state index in [9.17, 15) is 18.5 Å². The number of benzene rings is 1. The van der Waals surface area contributed by atoms with Crippen LogP contribution in [0.4, 0.5) is 17.2 Å². The van der Waals surface area contributed by atoms with Gasteiger partial charge in [0.25, 0.3) is 10.0 Å². The number of nitro benzene ring substituents is 1. The number of rotatable bonds is 5. The normalized spacial score (nSPS) is 11.1. The van der Waals surface area contributed by atoms with Gasteiger partial charge in [-0.2, -0.15) is 5.10 Å². The third-order valence-corrected chi connectivity index (χ3v) is 4.07. The lowest BCUT2D eigenvalue weighted by Gasteiger charge is -2.10. The molecule has 112 valence electrons. The molecule has 1 heterocycles. The number of nitrogens with zero attached hydrogens (tertiary/aromatic N) is 3. The number of hydrogen-bond donors (Lipinski definition) is 3. The smallest absolute Gasteiger partial charge is 0.314 e. The Labute approximate surface area is 119 Å². The summed E-state index contributed by atoms with van der Waals surface area (Å²) in [6.45, 7) is 0. The van der Waals surface area contributed by atoms with E-state index in [2.05, 4.69) is 15.2 Å². The van der Waals surface area contributed by atoms with E-state index >= 15 is 0 Å². The largest absolute Gasteiger partial charge is 0.318 e. The lowest BCUT2D eigenvalue weighted by molar-refractivity contribution is -0.386. The van der Waals surface area contributed by atoms with Crippen molar-refractivity contribution in [3.05, 3.63) is 40.6 Å². The molecule has 0 saturated heterocycles. The number of nitro groups is 1. The van der Waals surface area contributed by atoms with Gasteiger partial charge in [0.1, 0.15) is 11.5 Å². The molecule has 0 atom stereocenters. The number of nitrogens with two attached hydrogens (primary N) is 1. The van der Waals surface area contributed by atoms with E-state index in [1.54, 1.807) is 0 Å². The highest BCUT2D eigenvalue weighted by atomic mass is 32.2. The first-order valence-electron chi connectivity index (χ1n) is 5.61. The van der Waals surface area contributed by atoms with Gasteiger partial charge in [0.2, 0.25) is 0 Å². The highest BCUT2D eigenvalue weighted by Gasteiger charge is 2.29. The van der Waals surface area contributed by atoms with E-state index in [-0.39, 0.29) is 11.5 Å². The van der Waals surface area contributed by atoms with Crippen molar-refractivity contribution >= 4 is 27.2 Å². The van der Waals surface area contributed by atoms with Crippen molar-refractivity contribution in [1.82, 2.24) is 9.78 Å². The zero-order chi connectivity index (χ0) is 15.6. The van der Waals surface area contributed by atoms with Crippen molar-refractivity contribution in [2.75, 3.05) is 10.1 Å². The molecule has 1 aromatic heterocycles. The lowest BCUT2D eigenvalue weighted by atomic mass is 10.3. The van der Waals surface area contributed by atoms with Crippen LogP contribution in [0.1, 0.15) is 0 Å². The van der Waals surface area contributed by atoms with Crippen LogP contribution in [-0.2, 0) is 17.1 Å². The van der Waals surface area contributed by atoms with Gasteiger partial charge in [-0.05, 0) is 12.1 Å². The molecule has 0 radical (unpaired) electrons. The minimum atomic E-state index is -4.16. The molecule has 0 amide bonds. The van der Waals surface area contributed by atoms with Crippen LogP contribution in [0, 0.1) is 10.1 Å². The summed E-state index contributed by atoms with van der Waals surface area (Å²) in [6, 6.07) is 5.20. The molecular formula is C10H12N6O4S. The number of sulfonamides is 1. The fourth-order valence-electron chi connectivity index (χ4n) is 1.71. The van der Waals surface area contributed by atoms with E-state index in [4.69, 9.17) is 5.84 Å². The van der Waals surface area contributed by atoms with E-state index in [0.29, 0.717) is 0 Å². The first-order chi connectivity index (χ1) is 9.86. The maximum absolute atomic E-state index is 12.3. The quantitative estimate of drug-likeness (QED) is 0.412. The summed E-state index contributed by atoms with van der Waals surface area (Å²) in [6.07, 6.45) is 1.39. The van der Waals surface area contributed by atoms with Crippen molar-refractivity contribution in [1.29, 1.82) is 0 Å². The fraction of sp³-hybridized carbons (Fsp3) is 0.100. The van der Waals surface area contributed by atoms with Crippen molar-refractivity contribution in [3.8, 4) is 0 Å². The topological polar surface area (TPSA) is 145 Å². The predicted octanol–water partition coefficient (Wildman–Crippen LogP) is 0.415. The maximum Gasteiger partial charge on any atom is 0.314 e. The number of para-hydroxylation sites is 1. The zero-order valence-electron chi connectivity index (χ0n) is 10.8. The monoisotopic (exact) mass is 312 g/mol. The molecule has 2 rings (SSSR count). The molecule has 0 aliphatic rings. The standard InChI is InChI=1S/C10H12N6O4S/c1-15-9(5-6-12-15)14-21(19,20)8-4-2-3-7(13-11)10(8)16(17)18/h2-6,13-14H,11H2,1H3. The molecule has 10 nitrogen and oxygen atoms in total. The van der Waals surface area contributed by atoms with Crippen LogP contribution in [0.5, 0.6) is 0 Å². The van der Waals surface area contributed by atoms with Crippen LogP contribution >= 0.6 is 0 Å². The Hall–Kier alpha value is -2.66. The Morgan fingerprint density at radius 1 is 1.38 bits per heavy atom. The molecule has 4 N–H and O–H groups in total. The Bertz CT molecular complexity index is 785. The number of nitrogen functional groups attached to an aromatic ring is 1. The minimum Gasteiger partial charge on any atom is -0.318 e. The van der Waals surface area contributed by atoms with Crippen LogP contribution in [0.25, 0.3) is 0 Å². The van der Waals surface area contributed by atoms with Crippen LogP contribution in [-0.4, -0.2) is 23.1 Å². The van der Waals surface area contributed by atoms with Gasteiger partial charge in [-0.3, -0.25) is 25.4 Å². The van der Waals surface area contributed by atoms with Gasteiger partial charge in [-0.15, -0.1) is 0 Å². The average Bonchev–Trinajstić information content (AvgIpc) is 2.82. The predicted molar refractivity (Wildman–Crippen MR) is 74.9 cm³/mol. The molecule has 11 heteroatoms. The number of aromatic nitrogens is 2. The zero-order valence-corrected chi connectivity index (χ0v) is 11.7.